The van der Waals surface area contributed by atoms with E-state index >= 15 is 0 Å². The number of amides is 2. The summed E-state index contributed by atoms with van der Waals surface area (Å²) < 4.78 is 32.2. The number of hydrogen-bond donors (Lipinski definition) is 2. The van der Waals surface area contributed by atoms with Crippen molar-refractivity contribution in [2.45, 2.75) is 26.0 Å². The van der Waals surface area contributed by atoms with Gasteiger partial charge in [0.1, 0.15) is 0 Å². The van der Waals surface area contributed by atoms with Gasteiger partial charge in [0.05, 0.1) is 19.1 Å². The molecule has 6 nitrogen and oxygen atoms in total. The van der Waals surface area contributed by atoms with Gasteiger partial charge in [-0.15, -0.1) is 0 Å². The van der Waals surface area contributed by atoms with Crippen LogP contribution in [0.2, 0.25) is 0 Å². The van der Waals surface area contributed by atoms with E-state index in [1.165, 1.54) is 13.0 Å². The Kier molecular flexibility index (Phi) is 7.48. The Morgan fingerprint density at radius 2 is 1.97 bits per heavy atom. The summed E-state index contributed by atoms with van der Waals surface area (Å²) in [4.78, 5) is 25.5. The van der Waals surface area contributed by atoms with E-state index in [-0.39, 0.29) is 24.3 Å². The first kappa shape index (κ1) is 21.9. The number of morpholine rings is 1. The van der Waals surface area contributed by atoms with E-state index in [1.54, 1.807) is 24.3 Å². The molecule has 0 saturated carbocycles. The van der Waals surface area contributed by atoms with Crippen LogP contribution < -0.4 is 10.6 Å². The van der Waals surface area contributed by atoms with Crippen molar-refractivity contribution >= 4 is 17.5 Å². The average Bonchev–Trinajstić information content (AvgIpc) is 2.69. The predicted molar refractivity (Wildman–Crippen MR) is 109 cm³/mol. The number of anilines is 1. The molecule has 0 aliphatic carbocycles. The highest BCUT2D eigenvalue weighted by Crippen LogP contribution is 2.14. The second kappa shape index (κ2) is 10.3. The van der Waals surface area contributed by atoms with Crippen LogP contribution in [0.3, 0.4) is 0 Å². The number of rotatable bonds is 7. The molecule has 1 atom stereocenters. The summed E-state index contributed by atoms with van der Waals surface area (Å²) >= 11 is 0. The first-order chi connectivity index (χ1) is 14.4. The van der Waals surface area contributed by atoms with E-state index < -0.39 is 11.6 Å². The second-order valence-electron chi connectivity index (χ2n) is 7.34. The Hall–Kier alpha value is -2.84. The van der Waals surface area contributed by atoms with Crippen LogP contribution in [0.5, 0.6) is 0 Å². The second-order valence-corrected chi connectivity index (χ2v) is 7.34. The number of nitrogens with one attached hydrogen (secondary N) is 2. The minimum Gasteiger partial charge on any atom is -0.374 e. The lowest BCUT2D eigenvalue weighted by atomic mass is 10.1. The maximum Gasteiger partial charge on any atom is 0.224 e. The van der Waals surface area contributed by atoms with Crippen molar-refractivity contribution < 1.29 is 23.1 Å². The highest BCUT2D eigenvalue weighted by molar-refractivity contribution is 5.89. The molecule has 160 valence electrons. The summed E-state index contributed by atoms with van der Waals surface area (Å²) in [6.45, 7) is 4.04. The van der Waals surface area contributed by atoms with Gasteiger partial charge in [0.15, 0.2) is 11.6 Å². The molecule has 2 aromatic rings. The van der Waals surface area contributed by atoms with Crippen LogP contribution in [-0.4, -0.2) is 49.1 Å². The Bertz CT molecular complexity index is 907. The van der Waals surface area contributed by atoms with Crippen LogP contribution in [0, 0.1) is 11.6 Å². The highest BCUT2D eigenvalue weighted by atomic mass is 19.2. The fourth-order valence-electron chi connectivity index (χ4n) is 3.38. The molecule has 1 unspecified atom stereocenters. The minimum atomic E-state index is -0.857. The van der Waals surface area contributed by atoms with Crippen molar-refractivity contribution in [3.63, 3.8) is 0 Å². The lowest BCUT2D eigenvalue weighted by Crippen LogP contribution is -2.47. The molecule has 1 heterocycles. The minimum absolute atomic E-state index is 0.142. The Balaban J connectivity index is 1.46. The third-order valence-electron chi connectivity index (χ3n) is 4.75. The average molecular weight is 417 g/mol. The quantitative estimate of drug-likeness (QED) is 0.726. The van der Waals surface area contributed by atoms with E-state index in [9.17, 15) is 18.4 Å². The van der Waals surface area contributed by atoms with E-state index in [0.717, 1.165) is 11.6 Å². The third kappa shape index (κ3) is 6.60. The summed E-state index contributed by atoms with van der Waals surface area (Å²) in [6.07, 6.45) is 0.0114. The molecule has 1 saturated heterocycles. The van der Waals surface area contributed by atoms with E-state index in [0.29, 0.717) is 44.0 Å². The molecule has 30 heavy (non-hydrogen) atoms. The predicted octanol–water partition coefficient (Wildman–Crippen LogP) is 2.48. The fourth-order valence-corrected chi connectivity index (χ4v) is 3.38. The molecule has 2 amide bonds. The molecule has 0 spiro atoms. The zero-order valence-corrected chi connectivity index (χ0v) is 16.8. The van der Waals surface area contributed by atoms with Gasteiger partial charge in [-0.05, 0) is 35.4 Å². The Morgan fingerprint density at radius 3 is 2.73 bits per heavy atom. The molecular formula is C22H25F2N3O3. The molecule has 8 heteroatoms. The van der Waals surface area contributed by atoms with Gasteiger partial charge >= 0.3 is 0 Å². The fraction of sp³-hybridized carbons (Fsp3) is 0.364. The van der Waals surface area contributed by atoms with Crippen LogP contribution in [0.25, 0.3) is 0 Å². The standard InChI is InChI=1S/C22H25F2N3O3/c1-15(28)26-18-4-2-3-16(9-18)11-22(29)25-12-19-14-27(7-8-30-19)13-17-5-6-20(23)21(24)10-17/h2-6,9-10,19H,7-8,11-14H2,1H3,(H,25,29)(H,26,28). The maximum absolute atomic E-state index is 13.4. The molecule has 1 aliphatic heterocycles. The zero-order chi connectivity index (χ0) is 21.5. The Morgan fingerprint density at radius 1 is 1.13 bits per heavy atom. The van der Waals surface area contributed by atoms with Gasteiger partial charge < -0.3 is 15.4 Å². The number of nitrogens with zero attached hydrogens (tertiary/aromatic N) is 1. The molecule has 3 rings (SSSR count). The van der Waals surface area contributed by atoms with Crippen molar-refractivity contribution in [3.05, 3.63) is 65.2 Å². The molecule has 1 aliphatic rings. The molecule has 1 fully saturated rings. The molecule has 0 bridgehead atoms. The van der Waals surface area contributed by atoms with Gasteiger partial charge in [-0.3, -0.25) is 14.5 Å². The zero-order valence-electron chi connectivity index (χ0n) is 16.8. The smallest absolute Gasteiger partial charge is 0.224 e. The summed E-state index contributed by atoms with van der Waals surface area (Å²) in [5.41, 5.74) is 2.14. The summed E-state index contributed by atoms with van der Waals surface area (Å²) in [5, 5.41) is 5.57. The first-order valence-corrected chi connectivity index (χ1v) is 9.80. The lowest BCUT2D eigenvalue weighted by Gasteiger charge is -2.33. The van der Waals surface area contributed by atoms with Crippen molar-refractivity contribution in [1.29, 1.82) is 0 Å². The van der Waals surface area contributed by atoms with Crippen LogP contribution in [-0.2, 0) is 27.3 Å². The van der Waals surface area contributed by atoms with Gasteiger partial charge in [0, 0.05) is 38.8 Å². The molecular weight excluding hydrogens is 392 g/mol. The van der Waals surface area contributed by atoms with E-state index in [4.69, 9.17) is 4.74 Å². The van der Waals surface area contributed by atoms with Crippen LogP contribution >= 0.6 is 0 Å². The highest BCUT2D eigenvalue weighted by Gasteiger charge is 2.21. The monoisotopic (exact) mass is 417 g/mol. The van der Waals surface area contributed by atoms with Crippen LogP contribution in [0.15, 0.2) is 42.5 Å². The van der Waals surface area contributed by atoms with Gasteiger partial charge in [0.25, 0.3) is 0 Å². The van der Waals surface area contributed by atoms with Gasteiger partial charge in [-0.25, -0.2) is 8.78 Å². The number of benzene rings is 2. The summed E-state index contributed by atoms with van der Waals surface area (Å²) in [7, 11) is 0. The molecule has 0 aromatic heterocycles. The van der Waals surface area contributed by atoms with Crippen molar-refractivity contribution in [3.8, 4) is 0 Å². The summed E-state index contributed by atoms with van der Waals surface area (Å²) in [5.74, 6) is -2.02. The van der Waals surface area contributed by atoms with E-state index in [1.807, 2.05) is 6.07 Å². The number of carbonyl (C=O) groups excluding carboxylic acids is 2. The maximum atomic E-state index is 13.4. The van der Waals surface area contributed by atoms with Crippen molar-refractivity contribution in [2.24, 2.45) is 0 Å². The van der Waals surface area contributed by atoms with Crippen molar-refractivity contribution in [2.75, 3.05) is 31.6 Å². The van der Waals surface area contributed by atoms with Crippen LogP contribution in [0.4, 0.5) is 14.5 Å². The van der Waals surface area contributed by atoms with Crippen LogP contribution in [0.1, 0.15) is 18.1 Å². The molecule has 0 radical (unpaired) electrons. The first-order valence-electron chi connectivity index (χ1n) is 9.80. The number of carbonyl (C=O) groups is 2. The van der Waals surface area contributed by atoms with E-state index in [2.05, 4.69) is 15.5 Å². The normalized spacial score (nSPS) is 16.8. The lowest BCUT2D eigenvalue weighted by molar-refractivity contribution is -0.121. The number of ether oxygens (including phenoxy) is 1. The number of halogens is 2. The molecule has 2 aromatic carbocycles. The van der Waals surface area contributed by atoms with Gasteiger partial charge in [0.2, 0.25) is 11.8 Å². The van der Waals surface area contributed by atoms with Gasteiger partial charge in [-0.2, -0.15) is 0 Å². The largest absolute Gasteiger partial charge is 0.374 e. The van der Waals surface area contributed by atoms with Gasteiger partial charge in [-0.1, -0.05) is 18.2 Å². The summed E-state index contributed by atoms with van der Waals surface area (Å²) in [6, 6.07) is 11.0. The SMILES string of the molecule is CC(=O)Nc1cccc(CC(=O)NCC2CN(Cc3ccc(F)c(F)c3)CCO2)c1. The third-order valence-corrected chi connectivity index (χ3v) is 4.75. The van der Waals surface area contributed by atoms with Crippen molar-refractivity contribution in [1.82, 2.24) is 10.2 Å². The topological polar surface area (TPSA) is 70.7 Å². The number of hydrogen-bond acceptors (Lipinski definition) is 4. The molecule has 2 N–H and O–H groups in total. The Labute approximate surface area is 174 Å².